The number of carbonyl (C=O) groups is 1. The number of methoxy groups -OCH3 is 1. The van der Waals surface area contributed by atoms with Crippen molar-refractivity contribution in [3.05, 3.63) is 42.0 Å². The topological polar surface area (TPSA) is 60.4 Å². The van der Waals surface area contributed by atoms with Crippen molar-refractivity contribution in [2.75, 3.05) is 19.1 Å². The summed E-state index contributed by atoms with van der Waals surface area (Å²) in [6, 6.07) is 10.6. The van der Waals surface area contributed by atoms with Crippen LogP contribution in [0.3, 0.4) is 0 Å². The van der Waals surface area contributed by atoms with Crippen LogP contribution in [-0.2, 0) is 9.84 Å². The summed E-state index contributed by atoms with van der Waals surface area (Å²) >= 11 is 0. The second-order valence-corrected chi connectivity index (χ2v) is 6.49. The first kappa shape index (κ1) is 13.5. The number of Topliss-reactive ketones (excluding diaryl/α,β-unsaturated/α-hetero) is 1. The molecule has 19 heavy (non-hydrogen) atoms. The van der Waals surface area contributed by atoms with Crippen LogP contribution in [-0.4, -0.2) is 33.3 Å². The average Bonchev–Trinajstić information content (AvgIpc) is 2.35. The Morgan fingerprint density at radius 1 is 1.11 bits per heavy atom. The van der Waals surface area contributed by atoms with E-state index in [9.17, 15) is 13.2 Å². The van der Waals surface area contributed by atoms with E-state index in [1.807, 2.05) is 12.1 Å². The van der Waals surface area contributed by atoms with E-state index in [-0.39, 0.29) is 0 Å². The Kier molecular flexibility index (Phi) is 3.57. The molecule has 0 radical (unpaired) electrons. The van der Waals surface area contributed by atoms with Crippen molar-refractivity contribution < 1.29 is 17.9 Å². The molecule has 0 amide bonds. The Hall–Kier alpha value is -1.88. The molecule has 0 aliphatic heterocycles. The van der Waals surface area contributed by atoms with Gasteiger partial charge in [0.05, 0.1) is 7.11 Å². The van der Waals surface area contributed by atoms with Gasteiger partial charge in [0.1, 0.15) is 11.5 Å². The molecule has 0 aliphatic rings. The summed E-state index contributed by atoms with van der Waals surface area (Å²) in [6.07, 6.45) is 1.05. The summed E-state index contributed by atoms with van der Waals surface area (Å²) in [5, 5.41) is 1.50. The van der Waals surface area contributed by atoms with E-state index in [0.717, 1.165) is 11.6 Å². The predicted molar refractivity (Wildman–Crippen MR) is 74.5 cm³/mol. The number of rotatable bonds is 4. The quantitative estimate of drug-likeness (QED) is 0.803. The first-order valence-electron chi connectivity index (χ1n) is 5.69. The number of benzene rings is 2. The molecule has 0 saturated carbocycles. The lowest BCUT2D eigenvalue weighted by atomic mass is 10.0. The molecule has 5 heteroatoms. The monoisotopic (exact) mass is 278 g/mol. The molecule has 0 unspecified atom stereocenters. The summed E-state index contributed by atoms with van der Waals surface area (Å²) in [4.78, 5) is 12.1. The Labute approximate surface area is 111 Å². The van der Waals surface area contributed by atoms with Crippen molar-refractivity contribution in [1.29, 1.82) is 0 Å². The molecule has 0 heterocycles. The molecule has 0 bridgehead atoms. The van der Waals surface area contributed by atoms with Gasteiger partial charge in [0, 0.05) is 17.2 Å². The Bertz CT molecular complexity index is 732. The maximum absolute atomic E-state index is 12.1. The maximum Gasteiger partial charge on any atom is 0.178 e. The zero-order chi connectivity index (χ0) is 14.0. The van der Waals surface area contributed by atoms with Crippen LogP contribution in [0.1, 0.15) is 10.4 Å². The molecule has 2 aromatic rings. The molecule has 0 fully saturated rings. The van der Waals surface area contributed by atoms with Gasteiger partial charge in [0.25, 0.3) is 0 Å². The first-order valence-corrected chi connectivity index (χ1v) is 7.75. The summed E-state index contributed by atoms with van der Waals surface area (Å²) < 4.78 is 27.7. The van der Waals surface area contributed by atoms with E-state index in [1.165, 1.54) is 0 Å². The van der Waals surface area contributed by atoms with Crippen LogP contribution in [0.15, 0.2) is 36.4 Å². The van der Waals surface area contributed by atoms with Gasteiger partial charge in [-0.1, -0.05) is 24.3 Å². The van der Waals surface area contributed by atoms with E-state index in [2.05, 4.69) is 0 Å². The highest BCUT2D eigenvalue weighted by molar-refractivity contribution is 7.91. The van der Waals surface area contributed by atoms with Gasteiger partial charge in [0.2, 0.25) is 0 Å². The summed E-state index contributed by atoms with van der Waals surface area (Å²) in [6.45, 7) is 0. The molecule has 4 nitrogen and oxygen atoms in total. The number of fused-ring (bicyclic) bond motifs is 1. The zero-order valence-corrected chi connectivity index (χ0v) is 11.5. The average molecular weight is 278 g/mol. The van der Waals surface area contributed by atoms with Crippen molar-refractivity contribution in [3.8, 4) is 5.75 Å². The highest BCUT2D eigenvalue weighted by atomic mass is 32.2. The van der Waals surface area contributed by atoms with Crippen LogP contribution in [0.25, 0.3) is 10.8 Å². The van der Waals surface area contributed by atoms with Gasteiger partial charge in [-0.2, -0.15) is 0 Å². The third kappa shape index (κ3) is 2.93. The molecule has 0 spiro atoms. The van der Waals surface area contributed by atoms with Crippen molar-refractivity contribution in [2.45, 2.75) is 0 Å². The molecule has 0 aromatic heterocycles. The Balaban J connectivity index is 2.59. The lowest BCUT2D eigenvalue weighted by Crippen LogP contribution is -2.14. The summed E-state index contributed by atoms with van der Waals surface area (Å²) in [7, 11) is -1.78. The van der Waals surface area contributed by atoms with E-state index in [1.54, 1.807) is 31.4 Å². The highest BCUT2D eigenvalue weighted by Crippen LogP contribution is 2.28. The predicted octanol–water partition coefficient (Wildman–Crippen LogP) is 2.08. The van der Waals surface area contributed by atoms with Crippen LogP contribution in [0.4, 0.5) is 0 Å². The van der Waals surface area contributed by atoms with Gasteiger partial charge in [-0.3, -0.25) is 4.79 Å². The van der Waals surface area contributed by atoms with Crippen molar-refractivity contribution in [1.82, 2.24) is 0 Å². The molecule has 2 aromatic carbocycles. The molecule has 2 rings (SSSR count). The highest BCUT2D eigenvalue weighted by Gasteiger charge is 2.16. The third-order valence-electron chi connectivity index (χ3n) is 2.80. The molecule has 100 valence electrons. The number of hydrogen-bond acceptors (Lipinski definition) is 4. The van der Waals surface area contributed by atoms with Crippen LogP contribution >= 0.6 is 0 Å². The van der Waals surface area contributed by atoms with Gasteiger partial charge >= 0.3 is 0 Å². The van der Waals surface area contributed by atoms with E-state index < -0.39 is 21.4 Å². The van der Waals surface area contributed by atoms with E-state index >= 15 is 0 Å². The minimum absolute atomic E-state index is 0.402. The summed E-state index contributed by atoms with van der Waals surface area (Å²) in [5.41, 5.74) is 0.404. The maximum atomic E-state index is 12.1. The lowest BCUT2D eigenvalue weighted by molar-refractivity contribution is 0.102. The zero-order valence-electron chi connectivity index (χ0n) is 10.7. The van der Waals surface area contributed by atoms with Gasteiger partial charge in [-0.05, 0) is 17.5 Å². The number of carbonyl (C=O) groups excluding carboxylic acids is 1. The van der Waals surface area contributed by atoms with Crippen LogP contribution in [0.2, 0.25) is 0 Å². The Morgan fingerprint density at radius 3 is 2.32 bits per heavy atom. The normalized spacial score (nSPS) is 11.5. The van der Waals surface area contributed by atoms with E-state index in [0.29, 0.717) is 16.7 Å². The minimum Gasteiger partial charge on any atom is -0.496 e. The van der Waals surface area contributed by atoms with Crippen LogP contribution < -0.4 is 4.74 Å². The van der Waals surface area contributed by atoms with Crippen LogP contribution in [0.5, 0.6) is 5.75 Å². The van der Waals surface area contributed by atoms with E-state index in [4.69, 9.17) is 4.74 Å². The number of ether oxygens (including phenoxy) is 1. The van der Waals surface area contributed by atoms with Gasteiger partial charge in [0.15, 0.2) is 15.6 Å². The molecule has 0 N–H and O–H groups in total. The second-order valence-electron chi connectivity index (χ2n) is 4.35. The number of sulfone groups is 1. The fourth-order valence-electron chi connectivity index (χ4n) is 2.01. The third-order valence-corrected chi connectivity index (χ3v) is 3.58. The van der Waals surface area contributed by atoms with Crippen molar-refractivity contribution in [2.24, 2.45) is 0 Å². The smallest absolute Gasteiger partial charge is 0.178 e. The molecule has 0 saturated heterocycles. The van der Waals surface area contributed by atoms with Crippen LogP contribution in [0, 0.1) is 0 Å². The second kappa shape index (κ2) is 5.01. The fraction of sp³-hybridized carbons (Fsp3) is 0.214. The van der Waals surface area contributed by atoms with Crippen molar-refractivity contribution >= 4 is 26.4 Å². The molecular formula is C14H14O4S. The minimum atomic E-state index is -3.34. The van der Waals surface area contributed by atoms with Gasteiger partial charge in [-0.25, -0.2) is 8.42 Å². The number of hydrogen-bond donors (Lipinski definition) is 0. The molecule has 0 aliphatic carbocycles. The van der Waals surface area contributed by atoms with Gasteiger partial charge < -0.3 is 4.74 Å². The number of ketones is 1. The lowest BCUT2D eigenvalue weighted by Gasteiger charge is -2.09. The SMILES string of the molecule is COc1ccc(C(=O)CS(C)(=O)=O)c2ccccc12. The Morgan fingerprint density at radius 2 is 1.74 bits per heavy atom. The standard InChI is InChI=1S/C14H14O4S/c1-18-14-8-7-11(13(15)9-19(2,16)17)10-5-3-4-6-12(10)14/h3-8H,9H2,1-2H3. The summed E-state index contributed by atoms with van der Waals surface area (Å²) in [5.74, 6) is -0.226. The molecule has 0 atom stereocenters. The first-order chi connectivity index (χ1) is 8.92. The largest absolute Gasteiger partial charge is 0.496 e. The van der Waals surface area contributed by atoms with Crippen molar-refractivity contribution in [3.63, 3.8) is 0 Å². The van der Waals surface area contributed by atoms with Gasteiger partial charge in [-0.15, -0.1) is 0 Å². The fourth-order valence-corrected chi connectivity index (χ4v) is 2.64. The molecular weight excluding hydrogens is 264 g/mol.